The van der Waals surface area contributed by atoms with Crippen molar-refractivity contribution in [3.8, 4) is 0 Å². The predicted molar refractivity (Wildman–Crippen MR) is 109 cm³/mol. The molecule has 1 aromatic carbocycles. The standard InChI is InChI=1S/C21H23N3O2S/c1-12(2)14-8-6-7-13(3)18(14)23-19(25)15-11-22-21-24(20(15)26)16-9-4-5-10-17(16)27-21/h6-8,11-12H,4-5,9-10H2,1-3H3,(H,23,25). The Kier molecular flexibility index (Phi) is 4.60. The van der Waals surface area contributed by atoms with Gasteiger partial charge in [-0.15, -0.1) is 11.3 Å². The molecule has 2 heterocycles. The Hall–Kier alpha value is -2.47. The van der Waals surface area contributed by atoms with Gasteiger partial charge in [0.25, 0.3) is 11.5 Å². The molecule has 2 aromatic heterocycles. The zero-order valence-electron chi connectivity index (χ0n) is 15.8. The minimum atomic E-state index is -0.395. The van der Waals surface area contributed by atoms with Crippen LogP contribution in [0.4, 0.5) is 5.69 Å². The monoisotopic (exact) mass is 381 g/mol. The fourth-order valence-corrected chi connectivity index (χ4v) is 4.92. The van der Waals surface area contributed by atoms with Crippen LogP contribution in [0, 0.1) is 6.92 Å². The van der Waals surface area contributed by atoms with Gasteiger partial charge in [-0.25, -0.2) is 4.98 Å². The molecule has 1 aliphatic rings. The van der Waals surface area contributed by atoms with Crippen molar-refractivity contribution in [3.05, 3.63) is 62.0 Å². The first-order valence-electron chi connectivity index (χ1n) is 9.40. The molecule has 0 bridgehead atoms. The minimum absolute atomic E-state index is 0.0941. The number of anilines is 1. The number of aromatic nitrogens is 2. The second-order valence-corrected chi connectivity index (χ2v) is 8.48. The fourth-order valence-electron chi connectivity index (χ4n) is 3.75. The van der Waals surface area contributed by atoms with Crippen LogP contribution >= 0.6 is 11.3 Å². The molecule has 1 amide bonds. The van der Waals surface area contributed by atoms with Crippen molar-refractivity contribution in [2.45, 2.75) is 52.4 Å². The highest BCUT2D eigenvalue weighted by Gasteiger charge is 2.22. The van der Waals surface area contributed by atoms with Crippen LogP contribution in [-0.4, -0.2) is 15.3 Å². The predicted octanol–water partition coefficient (Wildman–Crippen LogP) is 4.32. The molecule has 5 nitrogen and oxygen atoms in total. The van der Waals surface area contributed by atoms with E-state index < -0.39 is 5.91 Å². The second-order valence-electron chi connectivity index (χ2n) is 7.42. The van der Waals surface area contributed by atoms with Gasteiger partial charge in [0.2, 0.25) is 0 Å². The Bertz CT molecular complexity index is 1090. The molecule has 0 aliphatic heterocycles. The summed E-state index contributed by atoms with van der Waals surface area (Å²) in [6.07, 6.45) is 5.50. The van der Waals surface area contributed by atoms with Gasteiger partial charge in [-0.1, -0.05) is 32.0 Å². The molecule has 6 heteroatoms. The molecule has 0 spiro atoms. The Balaban J connectivity index is 1.76. The summed E-state index contributed by atoms with van der Waals surface area (Å²) < 4.78 is 1.65. The minimum Gasteiger partial charge on any atom is -0.321 e. The highest BCUT2D eigenvalue weighted by Crippen LogP contribution is 2.29. The van der Waals surface area contributed by atoms with Gasteiger partial charge in [0.05, 0.1) is 0 Å². The number of nitrogens with one attached hydrogen (secondary N) is 1. The van der Waals surface area contributed by atoms with E-state index in [9.17, 15) is 9.59 Å². The first kappa shape index (κ1) is 17.9. The fraction of sp³-hybridized carbons (Fsp3) is 0.381. The SMILES string of the molecule is Cc1cccc(C(C)C)c1NC(=O)c1cnc2sc3c(n2c1=O)CCCC3. The van der Waals surface area contributed by atoms with E-state index in [4.69, 9.17) is 0 Å². The Labute approximate surface area is 162 Å². The average Bonchev–Trinajstić information content (AvgIpc) is 3.02. The summed E-state index contributed by atoms with van der Waals surface area (Å²) in [4.78, 5) is 32.3. The first-order valence-corrected chi connectivity index (χ1v) is 10.2. The smallest absolute Gasteiger partial charge is 0.271 e. The maximum Gasteiger partial charge on any atom is 0.271 e. The molecule has 0 unspecified atom stereocenters. The maximum atomic E-state index is 13.1. The number of nitrogens with zero attached hydrogens (tertiary/aromatic N) is 2. The van der Waals surface area contributed by atoms with Gasteiger partial charge in [-0.3, -0.25) is 14.0 Å². The number of carbonyl (C=O) groups excluding carboxylic acids is 1. The van der Waals surface area contributed by atoms with E-state index in [1.807, 2.05) is 25.1 Å². The average molecular weight is 382 g/mol. The highest BCUT2D eigenvalue weighted by atomic mass is 32.1. The zero-order valence-corrected chi connectivity index (χ0v) is 16.7. The summed E-state index contributed by atoms with van der Waals surface area (Å²) in [6.45, 7) is 6.14. The van der Waals surface area contributed by atoms with Crippen LogP contribution in [0.25, 0.3) is 4.96 Å². The molecule has 0 saturated carbocycles. The third kappa shape index (κ3) is 3.08. The van der Waals surface area contributed by atoms with Crippen molar-refractivity contribution in [2.75, 3.05) is 5.32 Å². The Morgan fingerprint density at radius 3 is 2.81 bits per heavy atom. The summed E-state index contributed by atoms with van der Waals surface area (Å²) >= 11 is 1.57. The van der Waals surface area contributed by atoms with Gasteiger partial charge in [0.15, 0.2) is 4.96 Å². The number of para-hydroxylation sites is 1. The van der Waals surface area contributed by atoms with Crippen LogP contribution in [0.15, 0.2) is 29.2 Å². The topological polar surface area (TPSA) is 63.5 Å². The van der Waals surface area contributed by atoms with Gasteiger partial charge >= 0.3 is 0 Å². The third-order valence-corrected chi connectivity index (χ3v) is 6.37. The molecule has 3 aromatic rings. The number of fused-ring (bicyclic) bond motifs is 3. The number of thiazole rings is 1. The Morgan fingerprint density at radius 2 is 2.04 bits per heavy atom. The van der Waals surface area contributed by atoms with Crippen molar-refractivity contribution < 1.29 is 4.79 Å². The first-order chi connectivity index (χ1) is 13.0. The van der Waals surface area contributed by atoms with E-state index in [2.05, 4.69) is 24.1 Å². The Morgan fingerprint density at radius 1 is 1.26 bits per heavy atom. The number of carbonyl (C=O) groups is 1. The quantitative estimate of drug-likeness (QED) is 0.735. The van der Waals surface area contributed by atoms with Gasteiger partial charge in [-0.05, 0) is 49.7 Å². The van der Waals surface area contributed by atoms with Crippen LogP contribution in [0.3, 0.4) is 0 Å². The van der Waals surface area contributed by atoms with Gasteiger partial charge < -0.3 is 5.32 Å². The van der Waals surface area contributed by atoms with Crippen molar-refractivity contribution >= 4 is 27.9 Å². The number of benzene rings is 1. The molecule has 1 aliphatic carbocycles. The van der Waals surface area contributed by atoms with Crippen molar-refractivity contribution in [1.82, 2.24) is 9.38 Å². The number of hydrogen-bond acceptors (Lipinski definition) is 4. The van der Waals surface area contributed by atoms with E-state index in [1.165, 1.54) is 11.1 Å². The lowest BCUT2D eigenvalue weighted by molar-refractivity contribution is 0.102. The molecule has 1 N–H and O–H groups in total. The lowest BCUT2D eigenvalue weighted by atomic mass is 9.98. The lowest BCUT2D eigenvalue weighted by Crippen LogP contribution is -2.28. The molecule has 0 radical (unpaired) electrons. The van der Waals surface area contributed by atoms with E-state index >= 15 is 0 Å². The summed E-state index contributed by atoms with van der Waals surface area (Å²) in [5, 5.41) is 2.97. The summed E-state index contributed by atoms with van der Waals surface area (Å²) in [6, 6.07) is 5.96. The number of amides is 1. The van der Waals surface area contributed by atoms with Crippen LogP contribution in [0.5, 0.6) is 0 Å². The molecule has 0 atom stereocenters. The van der Waals surface area contributed by atoms with E-state index in [0.29, 0.717) is 4.96 Å². The molecule has 140 valence electrons. The lowest BCUT2D eigenvalue weighted by Gasteiger charge is -2.16. The normalized spacial score (nSPS) is 13.8. The van der Waals surface area contributed by atoms with Crippen LogP contribution in [-0.2, 0) is 12.8 Å². The van der Waals surface area contributed by atoms with Gasteiger partial charge in [0.1, 0.15) is 5.56 Å². The van der Waals surface area contributed by atoms with E-state index in [-0.39, 0.29) is 17.0 Å². The summed E-state index contributed by atoms with van der Waals surface area (Å²) in [5.41, 5.74) is 3.69. The third-order valence-electron chi connectivity index (χ3n) is 5.21. The molecular weight excluding hydrogens is 358 g/mol. The second kappa shape index (κ2) is 6.93. The number of aryl methyl sites for hydroxylation is 3. The molecule has 4 rings (SSSR count). The largest absolute Gasteiger partial charge is 0.321 e. The van der Waals surface area contributed by atoms with Crippen molar-refractivity contribution in [1.29, 1.82) is 0 Å². The van der Waals surface area contributed by atoms with Gasteiger partial charge in [-0.2, -0.15) is 0 Å². The molecule has 0 saturated heterocycles. The van der Waals surface area contributed by atoms with Crippen LogP contribution in [0.2, 0.25) is 0 Å². The summed E-state index contributed by atoms with van der Waals surface area (Å²) in [7, 11) is 0. The van der Waals surface area contributed by atoms with E-state index in [0.717, 1.165) is 48.2 Å². The number of rotatable bonds is 3. The molecule has 27 heavy (non-hydrogen) atoms. The van der Waals surface area contributed by atoms with E-state index in [1.54, 1.807) is 15.7 Å². The summed E-state index contributed by atoms with van der Waals surface area (Å²) in [5.74, 6) is -0.125. The van der Waals surface area contributed by atoms with Gasteiger partial charge in [0, 0.05) is 22.5 Å². The highest BCUT2D eigenvalue weighted by molar-refractivity contribution is 7.17. The number of hydrogen-bond donors (Lipinski definition) is 1. The van der Waals surface area contributed by atoms with Crippen molar-refractivity contribution in [3.63, 3.8) is 0 Å². The zero-order chi connectivity index (χ0) is 19.1. The van der Waals surface area contributed by atoms with Crippen LogP contribution < -0.4 is 10.9 Å². The van der Waals surface area contributed by atoms with Crippen molar-refractivity contribution in [2.24, 2.45) is 0 Å². The maximum absolute atomic E-state index is 13.1. The molecular formula is C21H23N3O2S. The van der Waals surface area contributed by atoms with Crippen LogP contribution in [0.1, 0.15) is 64.7 Å². The molecule has 0 fully saturated rings.